The Bertz CT molecular complexity index is 349. The summed E-state index contributed by atoms with van der Waals surface area (Å²) in [5.41, 5.74) is 7.10. The van der Waals surface area contributed by atoms with Crippen LogP contribution in [-0.2, 0) is 9.53 Å². The van der Waals surface area contributed by atoms with Gasteiger partial charge in [0.25, 0.3) is 5.91 Å². The molecule has 94 valence electrons. The lowest BCUT2D eigenvalue weighted by Crippen LogP contribution is -2.30. The van der Waals surface area contributed by atoms with Gasteiger partial charge in [-0.15, -0.1) is 0 Å². The fraction of sp³-hybridized carbons (Fsp3) is 0.462. The highest BCUT2D eigenvalue weighted by atomic mass is 16.5. The lowest BCUT2D eigenvalue weighted by molar-refractivity contribution is -0.122. The highest BCUT2D eigenvalue weighted by Gasteiger charge is 2.10. The Balaban J connectivity index is 2.43. The monoisotopic (exact) mass is 236 g/mol. The zero-order valence-electron chi connectivity index (χ0n) is 10.5. The predicted octanol–water partition coefficient (Wildman–Crippen LogP) is 2.05. The largest absolute Gasteiger partial charge is 0.399 e. The summed E-state index contributed by atoms with van der Waals surface area (Å²) >= 11 is 0. The molecule has 0 saturated heterocycles. The normalized spacial score (nSPS) is 10.2. The maximum atomic E-state index is 11.8. The van der Waals surface area contributed by atoms with Gasteiger partial charge in [-0.2, -0.15) is 0 Å². The first-order valence-corrected chi connectivity index (χ1v) is 5.85. The predicted molar refractivity (Wildman–Crippen MR) is 70.0 cm³/mol. The minimum Gasteiger partial charge on any atom is -0.399 e. The van der Waals surface area contributed by atoms with E-state index in [0.717, 1.165) is 18.5 Å². The van der Waals surface area contributed by atoms with Gasteiger partial charge in [0.2, 0.25) is 0 Å². The molecule has 1 aromatic rings. The number of nitrogen functional groups attached to an aromatic ring is 1. The van der Waals surface area contributed by atoms with Crippen molar-refractivity contribution in [2.24, 2.45) is 0 Å². The van der Waals surface area contributed by atoms with Crippen LogP contribution in [0.1, 0.15) is 19.8 Å². The Morgan fingerprint density at radius 2 is 2.00 bits per heavy atom. The molecule has 0 fully saturated rings. The van der Waals surface area contributed by atoms with Crippen LogP contribution in [0.15, 0.2) is 24.3 Å². The Morgan fingerprint density at radius 1 is 1.35 bits per heavy atom. The smallest absolute Gasteiger partial charge is 0.252 e. The molecule has 2 N–H and O–H groups in total. The number of unbranched alkanes of at least 4 members (excludes halogenated alkanes) is 1. The van der Waals surface area contributed by atoms with E-state index in [1.165, 1.54) is 0 Å². The lowest BCUT2D eigenvalue weighted by Gasteiger charge is -2.17. The van der Waals surface area contributed by atoms with Crippen molar-refractivity contribution < 1.29 is 9.53 Å². The first-order valence-electron chi connectivity index (χ1n) is 5.85. The van der Waals surface area contributed by atoms with E-state index in [2.05, 4.69) is 6.92 Å². The number of ether oxygens (including phenoxy) is 1. The van der Waals surface area contributed by atoms with Crippen LogP contribution in [0.4, 0.5) is 11.4 Å². The number of carbonyl (C=O) groups excluding carboxylic acids is 1. The van der Waals surface area contributed by atoms with Crippen molar-refractivity contribution in [3.8, 4) is 0 Å². The summed E-state index contributed by atoms with van der Waals surface area (Å²) < 4.78 is 5.29. The Hall–Kier alpha value is -1.55. The molecule has 0 aliphatic carbocycles. The third-order valence-corrected chi connectivity index (χ3v) is 2.52. The van der Waals surface area contributed by atoms with Gasteiger partial charge in [0.1, 0.15) is 6.61 Å². The Morgan fingerprint density at radius 3 is 2.59 bits per heavy atom. The SMILES string of the molecule is CCCCOCC(=O)N(C)c1ccc(N)cc1. The average molecular weight is 236 g/mol. The molecule has 0 spiro atoms. The van der Waals surface area contributed by atoms with Crippen LogP contribution in [0.3, 0.4) is 0 Å². The molecule has 4 nitrogen and oxygen atoms in total. The molecule has 4 heteroatoms. The molecule has 0 aliphatic heterocycles. The summed E-state index contributed by atoms with van der Waals surface area (Å²) in [4.78, 5) is 13.3. The second-order valence-electron chi connectivity index (χ2n) is 3.95. The van der Waals surface area contributed by atoms with E-state index in [0.29, 0.717) is 12.3 Å². The van der Waals surface area contributed by atoms with E-state index in [4.69, 9.17) is 10.5 Å². The summed E-state index contributed by atoms with van der Waals surface area (Å²) in [5, 5.41) is 0. The molecule has 0 aromatic heterocycles. The van der Waals surface area contributed by atoms with Crippen LogP contribution in [0.25, 0.3) is 0 Å². The lowest BCUT2D eigenvalue weighted by atomic mass is 10.2. The van der Waals surface area contributed by atoms with Crippen molar-refractivity contribution in [2.75, 3.05) is 30.9 Å². The molecule has 0 saturated carbocycles. The van der Waals surface area contributed by atoms with Gasteiger partial charge in [-0.05, 0) is 30.7 Å². The first-order chi connectivity index (χ1) is 8.15. The van der Waals surface area contributed by atoms with Crippen LogP contribution in [0.5, 0.6) is 0 Å². The maximum absolute atomic E-state index is 11.8. The van der Waals surface area contributed by atoms with Gasteiger partial charge in [-0.25, -0.2) is 0 Å². The minimum absolute atomic E-state index is 0.0501. The summed E-state index contributed by atoms with van der Waals surface area (Å²) in [5.74, 6) is -0.0501. The number of nitrogens with zero attached hydrogens (tertiary/aromatic N) is 1. The molecule has 1 rings (SSSR count). The number of rotatable bonds is 6. The summed E-state index contributed by atoms with van der Waals surface area (Å²) in [6.07, 6.45) is 2.06. The van der Waals surface area contributed by atoms with Gasteiger partial charge < -0.3 is 15.4 Å². The minimum atomic E-state index is -0.0501. The molecule has 0 atom stereocenters. The summed E-state index contributed by atoms with van der Waals surface area (Å²) in [6.45, 7) is 2.85. The van der Waals surface area contributed by atoms with Crippen LogP contribution in [0.2, 0.25) is 0 Å². The van der Waals surface area contributed by atoms with E-state index in [1.54, 1.807) is 24.1 Å². The first kappa shape index (κ1) is 13.5. The molecule has 0 bridgehead atoms. The van der Waals surface area contributed by atoms with E-state index in [9.17, 15) is 4.79 Å². The fourth-order valence-electron chi connectivity index (χ4n) is 1.34. The molecular weight excluding hydrogens is 216 g/mol. The van der Waals surface area contributed by atoms with Gasteiger partial charge >= 0.3 is 0 Å². The third kappa shape index (κ3) is 4.44. The van der Waals surface area contributed by atoms with Crippen LogP contribution in [-0.4, -0.2) is 26.2 Å². The molecule has 0 radical (unpaired) electrons. The van der Waals surface area contributed by atoms with Gasteiger partial charge in [0, 0.05) is 25.0 Å². The van der Waals surface area contributed by atoms with Gasteiger partial charge in [-0.3, -0.25) is 4.79 Å². The second-order valence-corrected chi connectivity index (χ2v) is 3.95. The average Bonchev–Trinajstić information content (AvgIpc) is 2.34. The van der Waals surface area contributed by atoms with Crippen molar-refractivity contribution in [3.05, 3.63) is 24.3 Å². The van der Waals surface area contributed by atoms with Gasteiger partial charge in [0.15, 0.2) is 0 Å². The zero-order chi connectivity index (χ0) is 12.7. The fourth-order valence-corrected chi connectivity index (χ4v) is 1.34. The number of anilines is 2. The van der Waals surface area contributed by atoms with E-state index in [-0.39, 0.29) is 12.5 Å². The van der Waals surface area contributed by atoms with Crippen molar-refractivity contribution in [1.82, 2.24) is 0 Å². The molecule has 17 heavy (non-hydrogen) atoms. The molecule has 0 heterocycles. The zero-order valence-corrected chi connectivity index (χ0v) is 10.5. The number of amides is 1. The molecular formula is C13H20N2O2. The molecule has 0 aliphatic rings. The van der Waals surface area contributed by atoms with Crippen LogP contribution >= 0.6 is 0 Å². The summed E-state index contributed by atoms with van der Waals surface area (Å²) in [7, 11) is 1.73. The van der Waals surface area contributed by atoms with E-state index < -0.39 is 0 Å². The number of likely N-dealkylation sites (N-methyl/N-ethyl adjacent to an activating group) is 1. The Kier molecular flexibility index (Phi) is 5.49. The molecule has 1 aromatic carbocycles. The van der Waals surface area contributed by atoms with Gasteiger partial charge in [0.05, 0.1) is 0 Å². The van der Waals surface area contributed by atoms with E-state index in [1.807, 2.05) is 12.1 Å². The van der Waals surface area contributed by atoms with Crippen molar-refractivity contribution >= 4 is 17.3 Å². The molecule has 0 unspecified atom stereocenters. The highest BCUT2D eigenvalue weighted by Crippen LogP contribution is 2.14. The number of hydrogen-bond acceptors (Lipinski definition) is 3. The van der Waals surface area contributed by atoms with E-state index >= 15 is 0 Å². The number of benzene rings is 1. The maximum Gasteiger partial charge on any atom is 0.252 e. The van der Waals surface area contributed by atoms with Crippen molar-refractivity contribution in [2.45, 2.75) is 19.8 Å². The quantitative estimate of drug-likeness (QED) is 0.607. The van der Waals surface area contributed by atoms with Crippen LogP contribution < -0.4 is 10.6 Å². The molecule has 1 amide bonds. The van der Waals surface area contributed by atoms with Crippen LogP contribution in [0, 0.1) is 0 Å². The third-order valence-electron chi connectivity index (χ3n) is 2.52. The van der Waals surface area contributed by atoms with Crippen molar-refractivity contribution in [1.29, 1.82) is 0 Å². The van der Waals surface area contributed by atoms with Gasteiger partial charge in [-0.1, -0.05) is 13.3 Å². The number of nitrogens with two attached hydrogens (primary N) is 1. The standard InChI is InChI=1S/C13H20N2O2/c1-3-4-9-17-10-13(16)15(2)12-7-5-11(14)6-8-12/h5-8H,3-4,9-10,14H2,1-2H3. The number of hydrogen-bond donors (Lipinski definition) is 1. The van der Waals surface area contributed by atoms with Crippen molar-refractivity contribution in [3.63, 3.8) is 0 Å². The summed E-state index contributed by atoms with van der Waals surface area (Å²) in [6, 6.07) is 7.19. The highest BCUT2D eigenvalue weighted by molar-refractivity contribution is 5.93. The Labute approximate surface area is 102 Å². The topological polar surface area (TPSA) is 55.6 Å². The second kappa shape index (κ2) is 6.91. The number of carbonyl (C=O) groups is 1.